The summed E-state index contributed by atoms with van der Waals surface area (Å²) >= 11 is 0. The lowest BCUT2D eigenvalue weighted by molar-refractivity contribution is -0.140. The Morgan fingerprint density at radius 1 is 0.773 bits per heavy atom. The van der Waals surface area contributed by atoms with Crippen LogP contribution < -0.4 is 9.62 Å². The fourth-order valence-corrected chi connectivity index (χ4v) is 6.68. The number of benzene rings is 4. The zero-order chi connectivity index (χ0) is 31.9. The number of sulfonamides is 1. The molecular weight excluding hydrogens is 570 g/mol. The van der Waals surface area contributed by atoms with E-state index in [2.05, 4.69) is 5.32 Å². The van der Waals surface area contributed by atoms with E-state index in [9.17, 15) is 18.0 Å². The highest BCUT2D eigenvalue weighted by molar-refractivity contribution is 7.92. The quantitative estimate of drug-likeness (QED) is 0.216. The number of hydrogen-bond acceptors (Lipinski definition) is 4. The standard InChI is InChI=1S/C36H41N3O4S/c1-6-37-36(41)34(23-30-14-8-7-9-15-30)38(24-31-16-10-12-27(3)22-31)35(40)25-39(33-17-11-13-28(4)29(33)5)44(42,43)32-20-18-26(2)19-21-32/h7-22,34H,6,23-25H2,1-5H3,(H,37,41)/t34-/m0/s1. The third-order valence-corrected chi connectivity index (χ3v) is 9.56. The Bertz CT molecular complexity index is 1700. The summed E-state index contributed by atoms with van der Waals surface area (Å²) in [4.78, 5) is 29.8. The van der Waals surface area contributed by atoms with Crippen LogP contribution in [0, 0.1) is 27.7 Å². The molecule has 0 bridgehead atoms. The van der Waals surface area contributed by atoms with E-state index in [1.807, 2.05) is 95.3 Å². The molecule has 0 unspecified atom stereocenters. The van der Waals surface area contributed by atoms with Gasteiger partial charge in [0.2, 0.25) is 11.8 Å². The molecule has 4 aromatic carbocycles. The van der Waals surface area contributed by atoms with E-state index in [-0.39, 0.29) is 23.8 Å². The average Bonchev–Trinajstić information content (AvgIpc) is 3.00. The zero-order valence-electron chi connectivity index (χ0n) is 26.1. The van der Waals surface area contributed by atoms with Gasteiger partial charge in [0, 0.05) is 19.5 Å². The summed E-state index contributed by atoms with van der Waals surface area (Å²) in [6, 6.07) is 28.5. The molecule has 1 N–H and O–H groups in total. The van der Waals surface area contributed by atoms with Crippen LogP contribution in [0.2, 0.25) is 0 Å². The van der Waals surface area contributed by atoms with Crippen LogP contribution in [0.1, 0.15) is 40.3 Å². The van der Waals surface area contributed by atoms with Gasteiger partial charge in [-0.25, -0.2) is 8.42 Å². The molecule has 7 nitrogen and oxygen atoms in total. The normalized spacial score (nSPS) is 11.9. The predicted octanol–water partition coefficient (Wildman–Crippen LogP) is 5.89. The Hall–Kier alpha value is -4.43. The van der Waals surface area contributed by atoms with Gasteiger partial charge in [0.1, 0.15) is 12.6 Å². The van der Waals surface area contributed by atoms with Crippen molar-refractivity contribution in [2.24, 2.45) is 0 Å². The zero-order valence-corrected chi connectivity index (χ0v) is 26.9. The summed E-state index contributed by atoms with van der Waals surface area (Å²) in [5, 5.41) is 2.90. The van der Waals surface area contributed by atoms with E-state index in [1.54, 1.807) is 36.4 Å². The average molecular weight is 612 g/mol. The van der Waals surface area contributed by atoms with Crippen molar-refractivity contribution in [3.8, 4) is 0 Å². The third kappa shape index (κ3) is 7.74. The maximum atomic E-state index is 14.5. The van der Waals surface area contributed by atoms with Gasteiger partial charge in [-0.05, 0) is 75.1 Å². The second-order valence-corrected chi connectivity index (χ2v) is 13.0. The summed E-state index contributed by atoms with van der Waals surface area (Å²) in [5.41, 5.74) is 5.77. The number of rotatable bonds is 12. The van der Waals surface area contributed by atoms with Crippen molar-refractivity contribution in [1.82, 2.24) is 10.2 Å². The lowest BCUT2D eigenvalue weighted by atomic mass is 10.0. The molecule has 0 aliphatic rings. The van der Waals surface area contributed by atoms with Gasteiger partial charge in [-0.1, -0.05) is 90.0 Å². The van der Waals surface area contributed by atoms with E-state index in [4.69, 9.17) is 0 Å². The molecule has 0 aromatic heterocycles. The monoisotopic (exact) mass is 611 g/mol. The lowest BCUT2D eigenvalue weighted by Crippen LogP contribution is -2.53. The van der Waals surface area contributed by atoms with E-state index in [0.29, 0.717) is 12.2 Å². The molecule has 0 saturated heterocycles. The van der Waals surface area contributed by atoms with E-state index >= 15 is 0 Å². The molecule has 8 heteroatoms. The Morgan fingerprint density at radius 2 is 1.43 bits per heavy atom. The number of nitrogens with one attached hydrogen (secondary N) is 1. The first kappa shape index (κ1) is 32.5. The molecule has 44 heavy (non-hydrogen) atoms. The highest BCUT2D eigenvalue weighted by Gasteiger charge is 2.35. The number of carbonyl (C=O) groups excluding carboxylic acids is 2. The molecule has 0 radical (unpaired) electrons. The van der Waals surface area contributed by atoms with Crippen LogP contribution >= 0.6 is 0 Å². The summed E-state index contributed by atoms with van der Waals surface area (Å²) in [6.45, 7) is 9.51. The number of amides is 2. The van der Waals surface area contributed by atoms with Crippen LogP contribution in [0.3, 0.4) is 0 Å². The molecule has 0 spiro atoms. The largest absolute Gasteiger partial charge is 0.355 e. The van der Waals surface area contributed by atoms with Crippen molar-refractivity contribution in [1.29, 1.82) is 0 Å². The highest BCUT2D eigenvalue weighted by atomic mass is 32.2. The summed E-state index contributed by atoms with van der Waals surface area (Å²) in [6.07, 6.45) is 0.276. The van der Waals surface area contributed by atoms with Gasteiger partial charge in [0.25, 0.3) is 10.0 Å². The van der Waals surface area contributed by atoms with Crippen LogP contribution in [-0.4, -0.2) is 44.3 Å². The number of aryl methyl sites for hydroxylation is 3. The Balaban J connectivity index is 1.83. The molecule has 1 atom stereocenters. The molecule has 230 valence electrons. The molecule has 0 aliphatic carbocycles. The first-order valence-corrected chi connectivity index (χ1v) is 16.3. The molecule has 0 aliphatic heterocycles. The first-order chi connectivity index (χ1) is 21.0. The maximum absolute atomic E-state index is 14.5. The second-order valence-electron chi connectivity index (χ2n) is 11.2. The first-order valence-electron chi connectivity index (χ1n) is 14.8. The van der Waals surface area contributed by atoms with Gasteiger partial charge in [0.15, 0.2) is 0 Å². The number of carbonyl (C=O) groups is 2. The summed E-state index contributed by atoms with van der Waals surface area (Å²) in [5.74, 6) is -0.771. The predicted molar refractivity (Wildman–Crippen MR) is 176 cm³/mol. The van der Waals surface area contributed by atoms with Crippen LogP contribution in [0.5, 0.6) is 0 Å². The van der Waals surface area contributed by atoms with Crippen LogP contribution in [0.25, 0.3) is 0 Å². The maximum Gasteiger partial charge on any atom is 0.264 e. The van der Waals surface area contributed by atoms with Gasteiger partial charge < -0.3 is 10.2 Å². The van der Waals surface area contributed by atoms with Gasteiger partial charge in [-0.2, -0.15) is 0 Å². The molecule has 0 heterocycles. The topological polar surface area (TPSA) is 86.8 Å². The van der Waals surface area contributed by atoms with Gasteiger partial charge in [-0.3, -0.25) is 13.9 Å². The summed E-state index contributed by atoms with van der Waals surface area (Å²) in [7, 11) is -4.15. The minimum absolute atomic E-state index is 0.0894. The SMILES string of the molecule is CCNC(=O)[C@H](Cc1ccccc1)N(Cc1cccc(C)c1)C(=O)CN(c1cccc(C)c1C)S(=O)(=O)c1ccc(C)cc1. The Morgan fingerprint density at radius 3 is 2.09 bits per heavy atom. The minimum Gasteiger partial charge on any atom is -0.355 e. The third-order valence-electron chi connectivity index (χ3n) is 7.79. The van der Waals surface area contributed by atoms with Crippen molar-refractivity contribution < 1.29 is 18.0 Å². The summed E-state index contributed by atoms with van der Waals surface area (Å²) < 4.78 is 29.7. The highest BCUT2D eigenvalue weighted by Crippen LogP contribution is 2.29. The van der Waals surface area contributed by atoms with Crippen LogP contribution in [0.4, 0.5) is 5.69 Å². The molecule has 4 aromatic rings. The van der Waals surface area contributed by atoms with Gasteiger partial charge >= 0.3 is 0 Å². The van der Waals surface area contributed by atoms with Crippen LogP contribution in [-0.2, 0) is 32.6 Å². The Kier molecular flexibility index (Phi) is 10.6. The number of nitrogens with zero attached hydrogens (tertiary/aromatic N) is 2. The fourth-order valence-electron chi connectivity index (χ4n) is 5.21. The van der Waals surface area contributed by atoms with Crippen molar-refractivity contribution in [3.63, 3.8) is 0 Å². The van der Waals surface area contributed by atoms with E-state index < -0.39 is 28.5 Å². The molecule has 0 saturated carbocycles. The van der Waals surface area contributed by atoms with Crippen molar-refractivity contribution >= 4 is 27.5 Å². The van der Waals surface area contributed by atoms with Gasteiger partial charge in [-0.15, -0.1) is 0 Å². The number of hydrogen-bond donors (Lipinski definition) is 1. The van der Waals surface area contributed by atoms with Gasteiger partial charge in [0.05, 0.1) is 10.6 Å². The van der Waals surface area contributed by atoms with Crippen molar-refractivity contribution in [3.05, 3.63) is 130 Å². The molecule has 4 rings (SSSR count). The minimum atomic E-state index is -4.15. The molecular formula is C36H41N3O4S. The number of likely N-dealkylation sites (N-methyl/N-ethyl adjacent to an activating group) is 1. The molecule has 2 amide bonds. The van der Waals surface area contributed by atoms with Crippen LogP contribution in [0.15, 0.2) is 102 Å². The Labute approximate surface area is 261 Å². The van der Waals surface area contributed by atoms with E-state index in [0.717, 1.165) is 33.4 Å². The lowest BCUT2D eigenvalue weighted by Gasteiger charge is -2.34. The van der Waals surface area contributed by atoms with Crippen molar-refractivity contribution in [2.45, 2.75) is 58.5 Å². The number of anilines is 1. The van der Waals surface area contributed by atoms with E-state index in [1.165, 1.54) is 9.21 Å². The molecule has 0 fully saturated rings. The van der Waals surface area contributed by atoms with Crippen molar-refractivity contribution in [2.75, 3.05) is 17.4 Å². The fraction of sp³-hybridized carbons (Fsp3) is 0.278. The smallest absolute Gasteiger partial charge is 0.264 e. The second kappa shape index (κ2) is 14.4.